The Morgan fingerprint density at radius 1 is 1.00 bits per heavy atom. The van der Waals surface area contributed by atoms with Gasteiger partial charge in [-0.15, -0.1) is 0 Å². The second kappa shape index (κ2) is 12.8. The van der Waals surface area contributed by atoms with Gasteiger partial charge in [0.15, 0.2) is 0 Å². The molecular formula is C30H43N3O5. The van der Waals surface area contributed by atoms with Gasteiger partial charge in [0, 0.05) is 11.7 Å². The molecule has 3 amide bonds. The van der Waals surface area contributed by atoms with E-state index in [9.17, 15) is 19.5 Å². The average molecular weight is 526 g/mol. The number of aromatic hydroxyl groups is 1. The molecule has 0 heterocycles. The van der Waals surface area contributed by atoms with Crippen LogP contribution in [0.25, 0.3) is 0 Å². The molecule has 0 spiro atoms. The minimum Gasteiger partial charge on any atom is -0.508 e. The number of phenolic OH excluding ortho intramolecular Hbond substituents is 1. The first-order valence-corrected chi connectivity index (χ1v) is 13.1. The highest BCUT2D eigenvalue weighted by molar-refractivity contribution is 5.99. The molecule has 2 aromatic carbocycles. The summed E-state index contributed by atoms with van der Waals surface area (Å²) >= 11 is 0. The van der Waals surface area contributed by atoms with Crippen LogP contribution in [-0.2, 0) is 14.3 Å². The topological polar surface area (TPSA) is 108 Å². The van der Waals surface area contributed by atoms with Crippen molar-refractivity contribution in [1.29, 1.82) is 0 Å². The summed E-state index contributed by atoms with van der Waals surface area (Å²) in [7, 11) is 0. The summed E-state index contributed by atoms with van der Waals surface area (Å²) in [6.07, 6.45) is -0.121. The van der Waals surface area contributed by atoms with Gasteiger partial charge in [-0.05, 0) is 88.8 Å². The molecule has 3 atom stereocenters. The van der Waals surface area contributed by atoms with Gasteiger partial charge in [0.2, 0.25) is 5.91 Å². The van der Waals surface area contributed by atoms with Crippen LogP contribution in [0.1, 0.15) is 77.6 Å². The van der Waals surface area contributed by atoms with Gasteiger partial charge in [0.25, 0.3) is 5.91 Å². The van der Waals surface area contributed by atoms with Gasteiger partial charge >= 0.3 is 6.09 Å². The highest BCUT2D eigenvalue weighted by Gasteiger charge is 2.39. The first-order chi connectivity index (χ1) is 17.7. The van der Waals surface area contributed by atoms with E-state index < -0.39 is 35.6 Å². The Morgan fingerprint density at radius 3 is 2.16 bits per heavy atom. The fourth-order valence-corrected chi connectivity index (χ4v) is 4.11. The van der Waals surface area contributed by atoms with Crippen LogP contribution in [0, 0.1) is 19.8 Å². The maximum atomic E-state index is 14.2. The summed E-state index contributed by atoms with van der Waals surface area (Å²) in [6, 6.07) is 10.0. The quantitative estimate of drug-likeness (QED) is 0.380. The van der Waals surface area contributed by atoms with Crippen molar-refractivity contribution >= 4 is 23.6 Å². The highest BCUT2D eigenvalue weighted by Crippen LogP contribution is 2.31. The molecule has 8 heteroatoms. The van der Waals surface area contributed by atoms with Crippen molar-refractivity contribution in [3.63, 3.8) is 0 Å². The van der Waals surface area contributed by atoms with E-state index in [0.29, 0.717) is 23.2 Å². The number of alkyl carbamates (subject to hydrolysis) is 1. The van der Waals surface area contributed by atoms with Crippen LogP contribution in [0.4, 0.5) is 10.5 Å². The van der Waals surface area contributed by atoms with Crippen LogP contribution in [-0.4, -0.2) is 45.6 Å². The second-order valence-electron chi connectivity index (χ2n) is 11.1. The minimum absolute atomic E-state index is 0.0971. The summed E-state index contributed by atoms with van der Waals surface area (Å²) in [5.74, 6) is -0.961. The molecule has 38 heavy (non-hydrogen) atoms. The number of hydrogen-bond acceptors (Lipinski definition) is 5. The molecule has 2 rings (SSSR count). The minimum atomic E-state index is -1.02. The lowest BCUT2D eigenvalue weighted by Crippen LogP contribution is -2.56. The monoisotopic (exact) mass is 525 g/mol. The molecule has 8 nitrogen and oxygen atoms in total. The normalized spacial score (nSPS) is 13.8. The number of carbonyl (C=O) groups is 3. The van der Waals surface area contributed by atoms with Crippen molar-refractivity contribution in [3.05, 3.63) is 59.2 Å². The number of anilines is 1. The van der Waals surface area contributed by atoms with E-state index >= 15 is 0 Å². The molecule has 0 aliphatic rings. The van der Waals surface area contributed by atoms with Crippen molar-refractivity contribution < 1.29 is 24.2 Å². The van der Waals surface area contributed by atoms with Crippen LogP contribution < -0.4 is 10.6 Å². The molecule has 0 saturated carbocycles. The van der Waals surface area contributed by atoms with Crippen molar-refractivity contribution in [2.24, 2.45) is 5.92 Å². The van der Waals surface area contributed by atoms with Crippen LogP contribution >= 0.6 is 0 Å². The maximum absolute atomic E-state index is 14.2. The number of carbonyl (C=O) groups excluding carboxylic acids is 3. The van der Waals surface area contributed by atoms with E-state index in [0.717, 1.165) is 5.56 Å². The van der Waals surface area contributed by atoms with Crippen LogP contribution in [0.3, 0.4) is 0 Å². The highest BCUT2D eigenvalue weighted by atomic mass is 16.6. The largest absolute Gasteiger partial charge is 0.508 e. The number of amides is 3. The molecule has 2 aromatic rings. The Hall–Kier alpha value is -3.55. The molecule has 0 saturated heterocycles. The van der Waals surface area contributed by atoms with Gasteiger partial charge in [0.1, 0.15) is 23.4 Å². The predicted molar refractivity (Wildman–Crippen MR) is 150 cm³/mol. The number of phenols is 1. The van der Waals surface area contributed by atoms with Crippen molar-refractivity contribution in [3.8, 4) is 5.75 Å². The van der Waals surface area contributed by atoms with Crippen molar-refractivity contribution in [2.45, 2.75) is 92.5 Å². The molecule has 0 aromatic heterocycles. The molecule has 208 valence electrons. The first-order valence-electron chi connectivity index (χ1n) is 13.1. The molecule has 0 fully saturated rings. The van der Waals surface area contributed by atoms with Gasteiger partial charge in [-0.2, -0.15) is 0 Å². The van der Waals surface area contributed by atoms with Gasteiger partial charge < -0.3 is 25.4 Å². The Bertz CT molecular complexity index is 1140. The van der Waals surface area contributed by atoms with Crippen molar-refractivity contribution in [2.75, 3.05) is 5.32 Å². The number of nitrogens with zero attached hydrogens (tertiary/aromatic N) is 1. The molecule has 3 unspecified atom stereocenters. The summed E-state index contributed by atoms with van der Waals surface area (Å²) in [6.45, 7) is 16.4. The predicted octanol–water partition coefficient (Wildman–Crippen LogP) is 5.87. The lowest BCUT2D eigenvalue weighted by molar-refractivity contribution is -0.144. The Kier molecular flexibility index (Phi) is 10.3. The molecule has 3 N–H and O–H groups in total. The molecular weight excluding hydrogens is 482 g/mol. The van der Waals surface area contributed by atoms with E-state index in [1.165, 1.54) is 6.07 Å². The zero-order valence-corrected chi connectivity index (χ0v) is 24.1. The summed E-state index contributed by atoms with van der Waals surface area (Å²) in [4.78, 5) is 42.4. The Balaban J connectivity index is 2.60. The van der Waals surface area contributed by atoms with Gasteiger partial charge in [-0.3, -0.25) is 9.59 Å². The molecule has 0 bridgehead atoms. The van der Waals surface area contributed by atoms with E-state index in [1.54, 1.807) is 44.7 Å². The lowest BCUT2D eigenvalue weighted by atomic mass is 9.95. The van der Waals surface area contributed by atoms with Gasteiger partial charge in [0.05, 0.1) is 0 Å². The number of hydrogen-bond donors (Lipinski definition) is 3. The SMILES string of the molecule is CCC(C)N(C(=O)C(NC(=O)OC(C)(C)C)C(C)C)C(C(=O)Nc1ccccc1C)c1ccc(O)c(C)c1. The third kappa shape index (κ3) is 7.97. The van der Waals surface area contributed by atoms with Gasteiger partial charge in [-0.25, -0.2) is 4.79 Å². The standard InChI is InChI=1S/C30H43N3O5/c1-10-21(6)33(28(36)25(18(2)3)32-29(37)38-30(7,8)9)26(22-15-16-24(34)20(5)17-22)27(35)31-23-14-12-11-13-19(23)4/h11-18,21,25-26,34H,10H2,1-9H3,(H,31,35)(H,32,37). The average Bonchev–Trinajstić information content (AvgIpc) is 2.82. The number of ether oxygens (including phenoxy) is 1. The molecule has 0 aliphatic heterocycles. The zero-order valence-electron chi connectivity index (χ0n) is 24.1. The van der Waals surface area contributed by atoms with Crippen LogP contribution in [0.2, 0.25) is 0 Å². The third-order valence-electron chi connectivity index (χ3n) is 6.39. The third-order valence-corrected chi connectivity index (χ3v) is 6.39. The smallest absolute Gasteiger partial charge is 0.408 e. The van der Waals surface area contributed by atoms with Crippen molar-refractivity contribution in [1.82, 2.24) is 10.2 Å². The number of aryl methyl sites for hydroxylation is 2. The summed E-state index contributed by atoms with van der Waals surface area (Å²) < 4.78 is 5.42. The van der Waals surface area contributed by atoms with Crippen LogP contribution in [0.15, 0.2) is 42.5 Å². The number of rotatable bonds is 9. The maximum Gasteiger partial charge on any atom is 0.408 e. The van der Waals surface area contributed by atoms with Crippen LogP contribution in [0.5, 0.6) is 5.75 Å². The zero-order chi connectivity index (χ0) is 28.8. The fraction of sp³-hybridized carbons (Fsp3) is 0.500. The molecule has 0 radical (unpaired) electrons. The first kappa shape index (κ1) is 30.7. The van der Waals surface area contributed by atoms with E-state index in [-0.39, 0.29) is 17.7 Å². The van der Waals surface area contributed by atoms with E-state index in [1.807, 2.05) is 58.9 Å². The number of nitrogens with one attached hydrogen (secondary N) is 2. The second-order valence-corrected chi connectivity index (χ2v) is 11.1. The van der Waals surface area contributed by atoms with E-state index in [4.69, 9.17) is 4.74 Å². The lowest BCUT2D eigenvalue weighted by Gasteiger charge is -2.39. The Labute approximate surface area is 226 Å². The number of para-hydroxylation sites is 1. The fourth-order valence-electron chi connectivity index (χ4n) is 4.11. The number of benzene rings is 2. The Morgan fingerprint density at radius 2 is 1.63 bits per heavy atom. The van der Waals surface area contributed by atoms with Gasteiger partial charge in [-0.1, -0.05) is 45.0 Å². The summed E-state index contributed by atoms with van der Waals surface area (Å²) in [5, 5.41) is 15.9. The van der Waals surface area contributed by atoms with E-state index in [2.05, 4.69) is 10.6 Å². The summed E-state index contributed by atoms with van der Waals surface area (Å²) in [5.41, 5.74) is 1.93. The molecule has 0 aliphatic carbocycles.